The summed E-state index contributed by atoms with van der Waals surface area (Å²) in [6.45, 7) is 7.18. The molecule has 1 aliphatic carbocycles. The smallest absolute Gasteiger partial charge is 0.317 e. The van der Waals surface area contributed by atoms with Gasteiger partial charge in [0.1, 0.15) is 0 Å². The summed E-state index contributed by atoms with van der Waals surface area (Å²) in [6.07, 6.45) is 12.4. The Hall–Kier alpha value is -1.52. The van der Waals surface area contributed by atoms with Crippen LogP contribution in [0.4, 0.5) is 4.79 Å². The molecular formula is C20H33N3O2. The summed E-state index contributed by atoms with van der Waals surface area (Å²) >= 11 is 0. The number of urea groups is 1. The minimum Gasteiger partial charge on any atom is -0.342 e. The van der Waals surface area contributed by atoms with Crippen molar-refractivity contribution in [1.82, 2.24) is 15.1 Å². The Kier molecular flexibility index (Phi) is 6.02. The summed E-state index contributed by atoms with van der Waals surface area (Å²) in [5.41, 5.74) is -0.323. The van der Waals surface area contributed by atoms with Gasteiger partial charge in [-0.15, -0.1) is 6.58 Å². The van der Waals surface area contributed by atoms with E-state index in [4.69, 9.17) is 0 Å². The standard InChI is InChI=1S/C20H33N3O2/c1-2-12-21-19(25)23-15-11-20(16-23)10-6-13-22(18(20)24)14-9-17-7-4-3-5-8-17/h2,17H,1,3-16H2,(H,21,25). The van der Waals surface area contributed by atoms with Crippen molar-refractivity contribution < 1.29 is 9.59 Å². The molecule has 3 aliphatic rings. The molecule has 0 aromatic heterocycles. The van der Waals surface area contributed by atoms with Crippen LogP contribution in [0.2, 0.25) is 0 Å². The van der Waals surface area contributed by atoms with Crippen LogP contribution in [-0.2, 0) is 4.79 Å². The first kappa shape index (κ1) is 18.3. The lowest BCUT2D eigenvalue weighted by Gasteiger charge is -2.40. The summed E-state index contributed by atoms with van der Waals surface area (Å²) in [4.78, 5) is 29.3. The van der Waals surface area contributed by atoms with Gasteiger partial charge in [-0.2, -0.15) is 0 Å². The fourth-order valence-corrected chi connectivity index (χ4v) is 4.88. The molecule has 1 unspecified atom stereocenters. The summed E-state index contributed by atoms with van der Waals surface area (Å²) in [5, 5.41) is 2.83. The fraction of sp³-hybridized carbons (Fsp3) is 0.800. The second-order valence-corrected chi connectivity index (χ2v) is 8.12. The first-order valence-electron chi connectivity index (χ1n) is 10.1. The highest BCUT2D eigenvalue weighted by Gasteiger charge is 2.49. The van der Waals surface area contributed by atoms with Crippen LogP contribution >= 0.6 is 0 Å². The van der Waals surface area contributed by atoms with Gasteiger partial charge in [-0.05, 0) is 31.6 Å². The molecule has 1 atom stereocenters. The Morgan fingerprint density at radius 3 is 2.76 bits per heavy atom. The molecule has 3 rings (SSSR count). The van der Waals surface area contributed by atoms with Gasteiger partial charge in [-0.25, -0.2) is 4.79 Å². The fourth-order valence-electron chi connectivity index (χ4n) is 4.88. The average Bonchev–Trinajstić information content (AvgIpc) is 3.07. The second kappa shape index (κ2) is 8.24. The van der Waals surface area contributed by atoms with E-state index in [1.807, 2.05) is 4.90 Å². The lowest BCUT2D eigenvalue weighted by atomic mass is 9.78. The number of piperidine rings is 1. The summed E-state index contributed by atoms with van der Waals surface area (Å²) in [7, 11) is 0. The minimum atomic E-state index is -0.323. The summed E-state index contributed by atoms with van der Waals surface area (Å²) in [6, 6.07) is -0.0658. The monoisotopic (exact) mass is 347 g/mol. The van der Waals surface area contributed by atoms with Crippen LogP contribution in [0.15, 0.2) is 12.7 Å². The van der Waals surface area contributed by atoms with Gasteiger partial charge in [0.25, 0.3) is 0 Å². The van der Waals surface area contributed by atoms with Crippen molar-refractivity contribution in [2.24, 2.45) is 11.3 Å². The molecule has 25 heavy (non-hydrogen) atoms. The number of amides is 3. The number of hydrogen-bond acceptors (Lipinski definition) is 2. The number of rotatable bonds is 5. The Labute approximate surface area is 151 Å². The highest BCUT2D eigenvalue weighted by Crippen LogP contribution is 2.40. The van der Waals surface area contributed by atoms with Crippen molar-refractivity contribution in [3.63, 3.8) is 0 Å². The molecule has 0 radical (unpaired) electrons. The van der Waals surface area contributed by atoms with Crippen LogP contribution in [0.25, 0.3) is 0 Å². The largest absolute Gasteiger partial charge is 0.342 e. The van der Waals surface area contributed by atoms with Crippen molar-refractivity contribution in [2.75, 3.05) is 32.7 Å². The highest BCUT2D eigenvalue weighted by atomic mass is 16.2. The van der Waals surface area contributed by atoms with E-state index in [1.165, 1.54) is 32.1 Å². The Morgan fingerprint density at radius 1 is 1.20 bits per heavy atom. The maximum Gasteiger partial charge on any atom is 0.317 e. The first-order valence-corrected chi connectivity index (χ1v) is 10.1. The number of nitrogens with one attached hydrogen (secondary N) is 1. The van der Waals surface area contributed by atoms with Crippen LogP contribution in [0.3, 0.4) is 0 Å². The van der Waals surface area contributed by atoms with Gasteiger partial charge in [-0.3, -0.25) is 4.79 Å². The van der Waals surface area contributed by atoms with E-state index in [9.17, 15) is 9.59 Å². The number of likely N-dealkylation sites (tertiary alicyclic amines) is 2. The van der Waals surface area contributed by atoms with E-state index in [1.54, 1.807) is 6.08 Å². The molecule has 140 valence electrons. The van der Waals surface area contributed by atoms with E-state index in [0.717, 1.165) is 44.7 Å². The molecule has 3 amide bonds. The topological polar surface area (TPSA) is 52.7 Å². The molecule has 0 bridgehead atoms. The van der Waals surface area contributed by atoms with E-state index in [2.05, 4.69) is 16.8 Å². The Balaban J connectivity index is 1.54. The van der Waals surface area contributed by atoms with Crippen molar-refractivity contribution >= 4 is 11.9 Å². The third-order valence-corrected chi connectivity index (χ3v) is 6.39. The Morgan fingerprint density at radius 2 is 2.00 bits per heavy atom. The molecule has 2 heterocycles. The third kappa shape index (κ3) is 4.18. The number of carbonyl (C=O) groups is 2. The van der Waals surface area contributed by atoms with E-state index < -0.39 is 0 Å². The van der Waals surface area contributed by atoms with Crippen LogP contribution in [-0.4, -0.2) is 54.5 Å². The molecule has 0 aromatic rings. The lowest BCUT2D eigenvalue weighted by Crippen LogP contribution is -2.51. The van der Waals surface area contributed by atoms with Gasteiger partial charge in [0.05, 0.1) is 5.41 Å². The normalized spacial score (nSPS) is 27.8. The Bertz CT molecular complexity index is 501. The van der Waals surface area contributed by atoms with Gasteiger partial charge in [0.15, 0.2) is 0 Å². The summed E-state index contributed by atoms with van der Waals surface area (Å²) in [5.74, 6) is 1.11. The zero-order valence-electron chi connectivity index (χ0n) is 15.5. The maximum atomic E-state index is 13.2. The van der Waals surface area contributed by atoms with E-state index >= 15 is 0 Å². The molecule has 0 aromatic carbocycles. The SMILES string of the molecule is C=CCNC(=O)N1CCC2(CCCN(CCC3CCCCC3)C2=O)C1. The highest BCUT2D eigenvalue weighted by molar-refractivity contribution is 5.85. The predicted molar refractivity (Wildman–Crippen MR) is 99.2 cm³/mol. The average molecular weight is 348 g/mol. The molecule has 5 heteroatoms. The lowest BCUT2D eigenvalue weighted by molar-refractivity contribution is -0.145. The predicted octanol–water partition coefficient (Wildman–Crippen LogP) is 3.17. The zero-order valence-corrected chi connectivity index (χ0v) is 15.5. The van der Waals surface area contributed by atoms with E-state index in [0.29, 0.717) is 25.5 Å². The van der Waals surface area contributed by atoms with Gasteiger partial charge in [-0.1, -0.05) is 38.2 Å². The van der Waals surface area contributed by atoms with Gasteiger partial charge in [0.2, 0.25) is 5.91 Å². The van der Waals surface area contributed by atoms with E-state index in [-0.39, 0.29) is 11.4 Å². The van der Waals surface area contributed by atoms with Crippen LogP contribution < -0.4 is 5.32 Å². The quantitative estimate of drug-likeness (QED) is 0.777. The van der Waals surface area contributed by atoms with Crippen molar-refractivity contribution in [1.29, 1.82) is 0 Å². The van der Waals surface area contributed by atoms with Crippen LogP contribution in [0.1, 0.15) is 57.8 Å². The number of hydrogen-bond donors (Lipinski definition) is 1. The first-order chi connectivity index (χ1) is 12.1. The van der Waals surface area contributed by atoms with Crippen molar-refractivity contribution in [3.8, 4) is 0 Å². The zero-order chi connectivity index (χ0) is 17.7. The molecule has 2 saturated heterocycles. The summed E-state index contributed by atoms with van der Waals surface area (Å²) < 4.78 is 0. The maximum absolute atomic E-state index is 13.2. The third-order valence-electron chi connectivity index (χ3n) is 6.39. The van der Waals surface area contributed by atoms with Crippen LogP contribution in [0, 0.1) is 11.3 Å². The molecule has 5 nitrogen and oxygen atoms in total. The van der Waals surface area contributed by atoms with Crippen molar-refractivity contribution in [3.05, 3.63) is 12.7 Å². The minimum absolute atomic E-state index is 0.0658. The van der Waals surface area contributed by atoms with Gasteiger partial charge < -0.3 is 15.1 Å². The van der Waals surface area contributed by atoms with Crippen molar-refractivity contribution in [2.45, 2.75) is 57.8 Å². The molecule has 2 aliphatic heterocycles. The van der Waals surface area contributed by atoms with Gasteiger partial charge >= 0.3 is 6.03 Å². The van der Waals surface area contributed by atoms with Crippen LogP contribution in [0.5, 0.6) is 0 Å². The number of carbonyl (C=O) groups excluding carboxylic acids is 2. The second-order valence-electron chi connectivity index (χ2n) is 8.12. The van der Waals surface area contributed by atoms with Gasteiger partial charge in [0, 0.05) is 32.7 Å². The molecular weight excluding hydrogens is 314 g/mol. The molecule has 1 spiro atoms. The molecule has 1 saturated carbocycles. The molecule has 1 N–H and O–H groups in total. The number of nitrogens with zero attached hydrogens (tertiary/aromatic N) is 2. The molecule has 3 fully saturated rings.